The third-order valence-corrected chi connectivity index (χ3v) is 5.89. The Hall–Kier alpha value is -3.42. The first kappa shape index (κ1) is 22.3. The van der Waals surface area contributed by atoms with Gasteiger partial charge in [-0.25, -0.2) is 10.2 Å². The average molecular weight is 428 g/mol. The highest BCUT2D eigenvalue weighted by atomic mass is 16.5. The minimum atomic E-state index is -0.728. The first-order valence-electron chi connectivity index (χ1n) is 9.87. The smallest absolute Gasteiger partial charge is 0.332 e. The van der Waals surface area contributed by atoms with Crippen LogP contribution in [-0.4, -0.2) is 40.2 Å². The van der Waals surface area contributed by atoms with Crippen LogP contribution in [0.2, 0.25) is 0 Å². The molecule has 3 N–H and O–H groups in total. The van der Waals surface area contributed by atoms with Crippen molar-refractivity contribution in [1.29, 1.82) is 0 Å². The van der Waals surface area contributed by atoms with Gasteiger partial charge in [0.25, 0.3) is 0 Å². The molecule has 166 valence electrons. The molecule has 1 aliphatic carbocycles. The summed E-state index contributed by atoms with van der Waals surface area (Å²) < 4.78 is 22.1. The summed E-state index contributed by atoms with van der Waals surface area (Å²) in [5, 5.41) is 4.32. The number of nitrogens with two attached hydrogens (primary N) is 1. The molecule has 1 aliphatic rings. The van der Waals surface area contributed by atoms with Gasteiger partial charge in [-0.05, 0) is 47.1 Å². The molecule has 0 aromatic heterocycles. The largest absolute Gasteiger partial charge is 0.497 e. The molecule has 8 heteroatoms. The van der Waals surface area contributed by atoms with Gasteiger partial charge in [0, 0.05) is 11.6 Å². The number of amides is 2. The molecule has 0 fully saturated rings. The molecule has 8 nitrogen and oxygen atoms in total. The van der Waals surface area contributed by atoms with E-state index in [1.165, 1.54) is 0 Å². The lowest BCUT2D eigenvalue weighted by molar-refractivity contribution is 0.249. The van der Waals surface area contributed by atoms with Crippen molar-refractivity contribution in [3.8, 4) is 23.0 Å². The van der Waals surface area contributed by atoms with Crippen molar-refractivity contribution >= 4 is 11.7 Å². The third-order valence-electron chi connectivity index (χ3n) is 5.89. The fraction of sp³-hybridized carbons (Fsp3) is 0.391. The molecule has 31 heavy (non-hydrogen) atoms. The van der Waals surface area contributed by atoms with Crippen LogP contribution in [-0.2, 0) is 5.41 Å². The summed E-state index contributed by atoms with van der Waals surface area (Å²) in [6.07, 6.45) is 0.554. The maximum atomic E-state index is 11.4. The number of nitrogens with zero attached hydrogens (tertiary/aromatic N) is 1. The number of methoxy groups -OCH3 is 4. The zero-order valence-corrected chi connectivity index (χ0v) is 18.7. The number of rotatable bonds is 6. The van der Waals surface area contributed by atoms with Crippen molar-refractivity contribution in [2.45, 2.75) is 31.6 Å². The molecule has 0 radical (unpaired) electrons. The molecule has 3 rings (SSSR count). The number of ether oxygens (including phenoxy) is 4. The lowest BCUT2D eigenvalue weighted by Crippen LogP contribution is -2.37. The van der Waals surface area contributed by atoms with E-state index in [2.05, 4.69) is 24.4 Å². The van der Waals surface area contributed by atoms with Gasteiger partial charge in [-0.2, -0.15) is 5.10 Å². The molecule has 0 spiro atoms. The summed E-state index contributed by atoms with van der Waals surface area (Å²) in [6.45, 7) is 4.34. The first-order valence-corrected chi connectivity index (χ1v) is 9.87. The van der Waals surface area contributed by atoms with Gasteiger partial charge < -0.3 is 24.7 Å². The maximum absolute atomic E-state index is 11.4. The molecule has 0 aliphatic heterocycles. The second-order valence-electron chi connectivity index (χ2n) is 7.88. The molecule has 1 atom stereocenters. The van der Waals surface area contributed by atoms with Crippen LogP contribution in [0.5, 0.6) is 23.0 Å². The summed E-state index contributed by atoms with van der Waals surface area (Å²) in [4.78, 5) is 11.4. The quantitative estimate of drug-likeness (QED) is 0.686. The number of hydrogen-bond acceptors (Lipinski definition) is 6. The van der Waals surface area contributed by atoms with Crippen LogP contribution in [0.1, 0.15) is 42.9 Å². The molecule has 0 bridgehead atoms. The molecule has 2 aromatic carbocycles. The van der Waals surface area contributed by atoms with Crippen LogP contribution in [0.3, 0.4) is 0 Å². The first-order chi connectivity index (χ1) is 14.8. The van der Waals surface area contributed by atoms with Gasteiger partial charge in [-0.15, -0.1) is 0 Å². The lowest BCUT2D eigenvalue weighted by Gasteiger charge is -2.42. The lowest BCUT2D eigenvalue weighted by atomic mass is 9.62. The number of benzene rings is 2. The predicted molar refractivity (Wildman–Crippen MR) is 119 cm³/mol. The second kappa shape index (κ2) is 8.75. The van der Waals surface area contributed by atoms with Gasteiger partial charge >= 0.3 is 6.03 Å². The molecule has 0 saturated heterocycles. The number of hydrazone groups is 1. The second-order valence-corrected chi connectivity index (χ2v) is 7.88. The number of hydrogen-bond donors (Lipinski definition) is 2. The third kappa shape index (κ3) is 4.10. The van der Waals surface area contributed by atoms with Gasteiger partial charge in [0.1, 0.15) is 11.5 Å². The number of carbonyl (C=O) groups is 1. The Kier molecular flexibility index (Phi) is 6.29. The Labute approximate surface area is 182 Å². The highest BCUT2D eigenvalue weighted by Crippen LogP contribution is 2.51. The van der Waals surface area contributed by atoms with E-state index in [-0.39, 0.29) is 11.3 Å². The van der Waals surface area contributed by atoms with Crippen molar-refractivity contribution in [2.75, 3.05) is 28.4 Å². The van der Waals surface area contributed by atoms with Crippen LogP contribution in [0, 0.1) is 0 Å². The molecule has 2 amide bonds. The summed E-state index contributed by atoms with van der Waals surface area (Å²) in [7, 11) is 6.44. The molecule has 0 saturated carbocycles. The van der Waals surface area contributed by atoms with Gasteiger partial charge in [0.15, 0.2) is 11.5 Å². The van der Waals surface area contributed by atoms with Crippen molar-refractivity contribution in [3.05, 3.63) is 47.0 Å². The van der Waals surface area contributed by atoms with Crippen LogP contribution in [0.15, 0.2) is 35.4 Å². The average Bonchev–Trinajstić information content (AvgIpc) is 2.77. The molecule has 0 heterocycles. The minimum absolute atomic E-state index is 0.0186. The fourth-order valence-corrected chi connectivity index (χ4v) is 4.24. The number of fused-ring (bicyclic) bond motifs is 1. The van der Waals surface area contributed by atoms with Crippen molar-refractivity contribution in [3.63, 3.8) is 0 Å². The van der Waals surface area contributed by atoms with Crippen molar-refractivity contribution in [1.82, 2.24) is 5.43 Å². The highest BCUT2D eigenvalue weighted by Gasteiger charge is 2.42. The monoisotopic (exact) mass is 427 g/mol. The van der Waals surface area contributed by atoms with E-state index in [9.17, 15) is 4.79 Å². The van der Waals surface area contributed by atoms with Gasteiger partial charge in [-0.1, -0.05) is 19.9 Å². The van der Waals surface area contributed by atoms with E-state index < -0.39 is 6.03 Å². The summed E-state index contributed by atoms with van der Waals surface area (Å²) in [5.41, 5.74) is 10.9. The van der Waals surface area contributed by atoms with Crippen molar-refractivity contribution < 1.29 is 23.7 Å². The Balaban J connectivity index is 2.23. The normalized spacial score (nSPS) is 18.1. The number of nitrogens with one attached hydrogen (secondary N) is 1. The van der Waals surface area contributed by atoms with E-state index in [1.54, 1.807) is 28.4 Å². The van der Waals surface area contributed by atoms with E-state index in [0.717, 1.165) is 16.7 Å². The standard InChI is InChI=1S/C23H29N3O5/c1-23(2)15(13-7-8-18(29-4)19(9-13)30-5)12-17(25-26-22(24)27)21-16(23)10-14(28-3)11-20(21)31-6/h7-11,15H,12H2,1-6H3,(H3,24,26,27). The maximum Gasteiger partial charge on any atom is 0.332 e. The molecular weight excluding hydrogens is 398 g/mol. The summed E-state index contributed by atoms with van der Waals surface area (Å²) in [6, 6.07) is 8.97. The van der Waals surface area contributed by atoms with Crippen molar-refractivity contribution in [2.24, 2.45) is 10.8 Å². The molecule has 1 unspecified atom stereocenters. The number of primary amides is 1. The van der Waals surface area contributed by atoms with Gasteiger partial charge in [-0.3, -0.25) is 0 Å². The SMILES string of the molecule is COc1cc(OC)c2c(c1)C(C)(C)C(c1ccc(OC)c(OC)c1)CC2=NNC(N)=O. The zero-order chi connectivity index (χ0) is 22.8. The fourth-order valence-electron chi connectivity index (χ4n) is 4.24. The van der Waals surface area contributed by atoms with E-state index in [1.807, 2.05) is 30.3 Å². The van der Waals surface area contributed by atoms with Crippen LogP contribution < -0.4 is 30.1 Å². The highest BCUT2D eigenvalue weighted by molar-refractivity contribution is 6.07. The Bertz CT molecular complexity index is 1020. The zero-order valence-electron chi connectivity index (χ0n) is 18.7. The Morgan fingerprint density at radius 1 is 1.00 bits per heavy atom. The summed E-state index contributed by atoms with van der Waals surface area (Å²) >= 11 is 0. The van der Waals surface area contributed by atoms with Crippen LogP contribution >= 0.6 is 0 Å². The summed E-state index contributed by atoms with van der Waals surface area (Å²) in [5.74, 6) is 2.63. The number of urea groups is 1. The van der Waals surface area contributed by atoms with E-state index >= 15 is 0 Å². The Morgan fingerprint density at radius 2 is 1.68 bits per heavy atom. The topological polar surface area (TPSA) is 104 Å². The van der Waals surface area contributed by atoms with Crippen LogP contribution in [0.25, 0.3) is 0 Å². The van der Waals surface area contributed by atoms with Gasteiger partial charge in [0.05, 0.1) is 34.2 Å². The number of carbonyl (C=O) groups excluding carboxylic acids is 1. The molecular formula is C23H29N3O5. The van der Waals surface area contributed by atoms with Crippen LogP contribution in [0.4, 0.5) is 4.79 Å². The molecule has 2 aromatic rings. The minimum Gasteiger partial charge on any atom is -0.497 e. The Morgan fingerprint density at radius 3 is 2.26 bits per heavy atom. The predicted octanol–water partition coefficient (Wildman–Crippen LogP) is 3.56. The van der Waals surface area contributed by atoms with Gasteiger partial charge in [0.2, 0.25) is 0 Å². The van der Waals surface area contributed by atoms with E-state index in [4.69, 9.17) is 24.7 Å². The van der Waals surface area contributed by atoms with E-state index in [0.29, 0.717) is 35.1 Å².